The highest BCUT2D eigenvalue weighted by Crippen LogP contribution is 2.34. The Morgan fingerprint density at radius 1 is 0.971 bits per heavy atom. The van der Waals surface area contributed by atoms with Gasteiger partial charge in [-0.25, -0.2) is 4.98 Å². The van der Waals surface area contributed by atoms with Gasteiger partial charge in [-0.15, -0.1) is 0 Å². The van der Waals surface area contributed by atoms with Crippen LogP contribution in [-0.4, -0.2) is 68.5 Å². The molecule has 0 aliphatic carbocycles. The van der Waals surface area contributed by atoms with Crippen molar-refractivity contribution < 1.29 is 19.1 Å². The van der Waals surface area contributed by atoms with Crippen molar-refractivity contribution in [3.8, 4) is 11.5 Å². The van der Waals surface area contributed by atoms with Gasteiger partial charge in [0.05, 0.1) is 19.7 Å². The van der Waals surface area contributed by atoms with E-state index in [1.54, 1.807) is 62.6 Å². The van der Waals surface area contributed by atoms with Gasteiger partial charge in [0.1, 0.15) is 12.1 Å². The summed E-state index contributed by atoms with van der Waals surface area (Å²) in [6.45, 7) is 1.45. The van der Waals surface area contributed by atoms with E-state index in [0.717, 1.165) is 43.9 Å². The molecular formula is C26H33N5O4. The summed E-state index contributed by atoms with van der Waals surface area (Å²) in [5, 5.41) is 0.719. The molecule has 0 spiro atoms. The number of hydrogen-bond donors (Lipinski definition) is 1. The molecule has 0 bridgehead atoms. The van der Waals surface area contributed by atoms with E-state index in [9.17, 15) is 9.59 Å². The number of carbonyl (C=O) groups excluding carboxylic acids is 2. The van der Waals surface area contributed by atoms with Gasteiger partial charge in [0.15, 0.2) is 11.5 Å². The zero-order valence-corrected chi connectivity index (χ0v) is 20.8. The summed E-state index contributed by atoms with van der Waals surface area (Å²) in [5.74, 6) is 2.05. The highest BCUT2D eigenvalue weighted by atomic mass is 16.5. The van der Waals surface area contributed by atoms with Crippen molar-refractivity contribution in [2.75, 3.05) is 52.0 Å². The smallest absolute Gasteiger partial charge is 0.253 e. The third-order valence-electron chi connectivity index (χ3n) is 5.91. The van der Waals surface area contributed by atoms with E-state index in [2.05, 4.69) is 9.97 Å². The second kappa shape index (κ2) is 12.0. The molecule has 3 aromatic rings. The summed E-state index contributed by atoms with van der Waals surface area (Å²) >= 11 is 0. The summed E-state index contributed by atoms with van der Waals surface area (Å²) < 4.78 is 10.7. The Morgan fingerprint density at radius 2 is 1.66 bits per heavy atom. The van der Waals surface area contributed by atoms with Gasteiger partial charge in [0.25, 0.3) is 5.91 Å². The predicted molar refractivity (Wildman–Crippen MR) is 138 cm³/mol. The number of carbonyl (C=O) groups is 2. The van der Waals surface area contributed by atoms with Crippen molar-refractivity contribution >= 4 is 34.9 Å². The van der Waals surface area contributed by atoms with Gasteiger partial charge in [0, 0.05) is 49.8 Å². The van der Waals surface area contributed by atoms with Crippen LogP contribution in [0.15, 0.2) is 36.4 Å². The molecule has 0 aliphatic rings. The quantitative estimate of drug-likeness (QED) is 0.308. The van der Waals surface area contributed by atoms with Crippen LogP contribution in [0.1, 0.15) is 46.4 Å². The first-order valence-corrected chi connectivity index (χ1v) is 11.6. The molecule has 2 aromatic carbocycles. The Kier molecular flexibility index (Phi) is 8.83. The van der Waals surface area contributed by atoms with Crippen molar-refractivity contribution in [1.29, 1.82) is 0 Å². The number of amides is 1. The number of nitrogen functional groups attached to an aromatic ring is 1. The number of ether oxygens (including phenoxy) is 2. The van der Waals surface area contributed by atoms with Crippen molar-refractivity contribution in [3.05, 3.63) is 47.5 Å². The summed E-state index contributed by atoms with van der Waals surface area (Å²) in [5.41, 5.74) is 7.93. The van der Waals surface area contributed by atoms with Gasteiger partial charge in [0.2, 0.25) is 5.95 Å². The topological polar surface area (TPSA) is 111 Å². The molecule has 0 fully saturated rings. The standard InChI is InChI=1S/C26H33N5O4/c1-30(25(33)19-11-9-10-18(14-19)17-32)12-7-5-6-8-13-31(2)26-28-21-16-23(35-4)22(34-3)15-20(21)24(27)29-26/h9-11,14-17H,5-8,12-13H2,1-4H3,(H2,27,28,29). The summed E-state index contributed by atoms with van der Waals surface area (Å²) in [4.78, 5) is 36.3. The van der Waals surface area contributed by atoms with E-state index in [1.165, 1.54) is 0 Å². The Morgan fingerprint density at radius 3 is 2.34 bits per heavy atom. The van der Waals surface area contributed by atoms with Crippen molar-refractivity contribution in [2.24, 2.45) is 0 Å². The van der Waals surface area contributed by atoms with E-state index < -0.39 is 0 Å². The van der Waals surface area contributed by atoms with Gasteiger partial charge >= 0.3 is 0 Å². The average Bonchev–Trinajstić information content (AvgIpc) is 2.88. The monoisotopic (exact) mass is 479 g/mol. The third kappa shape index (κ3) is 6.38. The van der Waals surface area contributed by atoms with E-state index >= 15 is 0 Å². The molecule has 0 unspecified atom stereocenters. The molecule has 186 valence electrons. The molecule has 2 N–H and O–H groups in total. The molecule has 9 heteroatoms. The van der Waals surface area contributed by atoms with Crippen LogP contribution in [0.25, 0.3) is 10.9 Å². The maximum absolute atomic E-state index is 12.5. The largest absolute Gasteiger partial charge is 0.493 e. The number of nitrogens with zero attached hydrogens (tertiary/aromatic N) is 4. The summed E-state index contributed by atoms with van der Waals surface area (Å²) in [6, 6.07) is 10.4. The van der Waals surface area contributed by atoms with E-state index in [4.69, 9.17) is 15.2 Å². The molecule has 9 nitrogen and oxygen atoms in total. The molecule has 1 aromatic heterocycles. The molecule has 0 saturated heterocycles. The van der Waals surface area contributed by atoms with Crippen LogP contribution < -0.4 is 20.1 Å². The molecular weight excluding hydrogens is 446 g/mol. The summed E-state index contributed by atoms with van der Waals surface area (Å²) in [7, 11) is 6.89. The van der Waals surface area contributed by atoms with Crippen LogP contribution >= 0.6 is 0 Å². The molecule has 0 radical (unpaired) electrons. The Labute approximate surface area is 205 Å². The summed E-state index contributed by atoms with van der Waals surface area (Å²) in [6.07, 6.45) is 4.63. The van der Waals surface area contributed by atoms with Crippen LogP contribution in [0.2, 0.25) is 0 Å². The molecule has 1 amide bonds. The zero-order valence-electron chi connectivity index (χ0n) is 20.8. The average molecular weight is 480 g/mol. The van der Waals surface area contributed by atoms with Gasteiger partial charge < -0.3 is 25.0 Å². The second-order valence-corrected chi connectivity index (χ2v) is 8.44. The van der Waals surface area contributed by atoms with Gasteiger partial charge in [-0.3, -0.25) is 9.59 Å². The van der Waals surface area contributed by atoms with Crippen molar-refractivity contribution in [2.45, 2.75) is 25.7 Å². The highest BCUT2D eigenvalue weighted by molar-refractivity contribution is 5.95. The number of unbranched alkanes of at least 4 members (excludes halogenated alkanes) is 3. The molecule has 35 heavy (non-hydrogen) atoms. The number of methoxy groups -OCH3 is 2. The molecule has 0 saturated carbocycles. The minimum absolute atomic E-state index is 0.0753. The number of anilines is 2. The van der Waals surface area contributed by atoms with E-state index in [0.29, 0.717) is 46.5 Å². The fourth-order valence-corrected chi connectivity index (χ4v) is 3.86. The Hall–Kier alpha value is -3.88. The normalized spacial score (nSPS) is 10.7. The molecule has 1 heterocycles. The molecule has 3 rings (SSSR count). The number of rotatable bonds is 12. The number of nitrogens with two attached hydrogens (primary N) is 1. The minimum atomic E-state index is -0.0753. The number of aldehydes is 1. The lowest BCUT2D eigenvalue weighted by atomic mass is 10.1. The van der Waals surface area contributed by atoms with Crippen LogP contribution in [0.3, 0.4) is 0 Å². The van der Waals surface area contributed by atoms with Gasteiger partial charge in [-0.2, -0.15) is 4.98 Å². The predicted octanol–water partition coefficient (Wildman–Crippen LogP) is 3.81. The first-order chi connectivity index (χ1) is 16.9. The molecule has 0 atom stereocenters. The zero-order chi connectivity index (χ0) is 25.4. The molecule has 0 aliphatic heterocycles. The second-order valence-electron chi connectivity index (χ2n) is 8.44. The first kappa shape index (κ1) is 25.7. The SMILES string of the molecule is COc1cc2nc(N(C)CCCCCCN(C)C(=O)c3cccc(C=O)c3)nc(N)c2cc1OC. The van der Waals surface area contributed by atoms with Crippen LogP contribution in [0.4, 0.5) is 11.8 Å². The lowest BCUT2D eigenvalue weighted by molar-refractivity contribution is 0.0792. The fraction of sp³-hybridized carbons (Fsp3) is 0.385. The van der Waals surface area contributed by atoms with Crippen LogP contribution in [0.5, 0.6) is 11.5 Å². The first-order valence-electron chi connectivity index (χ1n) is 11.6. The minimum Gasteiger partial charge on any atom is -0.493 e. The van der Waals surface area contributed by atoms with Gasteiger partial charge in [-0.1, -0.05) is 25.0 Å². The Balaban J connectivity index is 1.47. The highest BCUT2D eigenvalue weighted by Gasteiger charge is 2.14. The van der Waals surface area contributed by atoms with Crippen LogP contribution in [0, 0.1) is 0 Å². The van der Waals surface area contributed by atoms with Crippen molar-refractivity contribution in [3.63, 3.8) is 0 Å². The maximum atomic E-state index is 12.5. The lowest BCUT2D eigenvalue weighted by Crippen LogP contribution is -2.27. The van der Waals surface area contributed by atoms with Crippen molar-refractivity contribution in [1.82, 2.24) is 14.9 Å². The lowest BCUT2D eigenvalue weighted by Gasteiger charge is -2.19. The van der Waals surface area contributed by atoms with Gasteiger partial charge in [-0.05, 0) is 31.0 Å². The number of benzene rings is 2. The maximum Gasteiger partial charge on any atom is 0.253 e. The van der Waals surface area contributed by atoms with Crippen LogP contribution in [-0.2, 0) is 0 Å². The number of fused-ring (bicyclic) bond motifs is 1. The Bertz CT molecular complexity index is 1180. The number of hydrogen-bond acceptors (Lipinski definition) is 8. The van der Waals surface area contributed by atoms with E-state index in [1.807, 2.05) is 11.9 Å². The third-order valence-corrected chi connectivity index (χ3v) is 5.91. The number of aromatic nitrogens is 2. The van der Waals surface area contributed by atoms with E-state index in [-0.39, 0.29) is 5.91 Å². The fourth-order valence-electron chi connectivity index (χ4n) is 3.86.